The maximum absolute atomic E-state index is 2.34. The molecular formula is C20H23N. The lowest BCUT2D eigenvalue weighted by Crippen LogP contribution is -2.22. The maximum Gasteiger partial charge on any atom is 0.0446 e. The first kappa shape index (κ1) is 13.9. The van der Waals surface area contributed by atoms with Crippen molar-refractivity contribution >= 4 is 11.3 Å². The summed E-state index contributed by atoms with van der Waals surface area (Å²) in [6.45, 7) is 3.22. The van der Waals surface area contributed by atoms with Crippen LogP contribution in [-0.2, 0) is 6.42 Å². The molecule has 2 aromatic rings. The van der Waals surface area contributed by atoms with E-state index in [2.05, 4.69) is 73.5 Å². The highest BCUT2D eigenvalue weighted by Crippen LogP contribution is 2.34. The number of unbranched alkanes of at least 4 members (excludes halogenated alkanes) is 1. The van der Waals surface area contributed by atoms with Gasteiger partial charge in [0.1, 0.15) is 0 Å². The highest BCUT2D eigenvalue weighted by Gasteiger charge is 2.16. The number of benzene rings is 2. The average molecular weight is 277 g/mol. The smallest absolute Gasteiger partial charge is 0.0446 e. The molecule has 0 atom stereocenters. The van der Waals surface area contributed by atoms with Gasteiger partial charge in [-0.15, -0.1) is 0 Å². The number of fused-ring (bicyclic) bond motifs is 1. The Morgan fingerprint density at radius 2 is 1.76 bits per heavy atom. The molecule has 1 aliphatic heterocycles. The minimum atomic E-state index is 0.976. The van der Waals surface area contributed by atoms with Crippen LogP contribution in [-0.4, -0.2) is 13.6 Å². The standard InChI is InChI=1S/C20H23N/c1-3-4-7-16-10-12-17(13-11-16)18-14-15-21(2)20-9-6-5-8-19(18)20/h5-6,8-14H,3-4,7,15H2,1-2H3. The largest absolute Gasteiger partial charge is 0.370 e. The molecule has 0 saturated heterocycles. The summed E-state index contributed by atoms with van der Waals surface area (Å²) in [5, 5.41) is 0. The van der Waals surface area contributed by atoms with Crippen LogP contribution in [0.3, 0.4) is 0 Å². The van der Waals surface area contributed by atoms with Crippen molar-refractivity contribution in [2.75, 3.05) is 18.5 Å². The van der Waals surface area contributed by atoms with E-state index in [0.29, 0.717) is 0 Å². The zero-order valence-electron chi connectivity index (χ0n) is 13.0. The predicted octanol–water partition coefficient (Wildman–Crippen LogP) is 4.91. The molecule has 0 unspecified atom stereocenters. The summed E-state index contributed by atoms with van der Waals surface area (Å²) in [6.07, 6.45) is 6.06. The average Bonchev–Trinajstić information content (AvgIpc) is 2.54. The molecule has 0 spiro atoms. The second kappa shape index (κ2) is 6.17. The van der Waals surface area contributed by atoms with Gasteiger partial charge in [-0.2, -0.15) is 0 Å². The van der Waals surface area contributed by atoms with Crippen molar-refractivity contribution in [3.05, 3.63) is 71.3 Å². The number of aryl methyl sites for hydroxylation is 1. The lowest BCUT2D eigenvalue weighted by atomic mass is 9.92. The molecule has 3 rings (SSSR count). The van der Waals surface area contributed by atoms with E-state index in [1.807, 2.05) is 0 Å². The van der Waals surface area contributed by atoms with Gasteiger partial charge in [-0.3, -0.25) is 0 Å². The molecule has 108 valence electrons. The molecule has 2 aromatic carbocycles. The van der Waals surface area contributed by atoms with Gasteiger partial charge in [0.25, 0.3) is 0 Å². The monoisotopic (exact) mass is 277 g/mol. The third-order valence-electron chi connectivity index (χ3n) is 4.26. The zero-order chi connectivity index (χ0) is 14.7. The number of para-hydroxylation sites is 1. The molecule has 1 nitrogen and oxygen atoms in total. The molecule has 1 aliphatic rings. The zero-order valence-corrected chi connectivity index (χ0v) is 13.0. The Kier molecular flexibility index (Phi) is 4.10. The van der Waals surface area contributed by atoms with Gasteiger partial charge in [-0.25, -0.2) is 0 Å². The van der Waals surface area contributed by atoms with E-state index >= 15 is 0 Å². The first-order chi connectivity index (χ1) is 10.3. The van der Waals surface area contributed by atoms with Crippen LogP contribution < -0.4 is 4.90 Å². The molecule has 0 aliphatic carbocycles. The Hall–Kier alpha value is -2.02. The van der Waals surface area contributed by atoms with Crippen molar-refractivity contribution in [1.82, 2.24) is 0 Å². The predicted molar refractivity (Wildman–Crippen MR) is 91.8 cm³/mol. The molecule has 1 heteroatoms. The van der Waals surface area contributed by atoms with Crippen molar-refractivity contribution in [3.63, 3.8) is 0 Å². The van der Waals surface area contributed by atoms with Crippen LogP contribution in [0.4, 0.5) is 5.69 Å². The summed E-state index contributed by atoms with van der Waals surface area (Å²) in [4.78, 5) is 2.30. The number of hydrogen-bond donors (Lipinski definition) is 0. The van der Waals surface area contributed by atoms with E-state index in [-0.39, 0.29) is 0 Å². The molecule has 21 heavy (non-hydrogen) atoms. The summed E-state index contributed by atoms with van der Waals surface area (Å²) >= 11 is 0. The summed E-state index contributed by atoms with van der Waals surface area (Å²) in [5.74, 6) is 0. The van der Waals surface area contributed by atoms with E-state index in [0.717, 1.165) is 6.54 Å². The molecule has 0 bridgehead atoms. The number of hydrogen-bond acceptors (Lipinski definition) is 1. The van der Waals surface area contributed by atoms with E-state index in [9.17, 15) is 0 Å². The van der Waals surface area contributed by atoms with Crippen LogP contribution in [0.2, 0.25) is 0 Å². The fraction of sp³-hybridized carbons (Fsp3) is 0.300. The third-order valence-corrected chi connectivity index (χ3v) is 4.26. The minimum Gasteiger partial charge on any atom is -0.370 e. The highest BCUT2D eigenvalue weighted by molar-refractivity contribution is 5.88. The SMILES string of the molecule is CCCCc1ccc(C2=CCN(C)c3ccccc32)cc1. The van der Waals surface area contributed by atoms with Gasteiger partial charge in [0.05, 0.1) is 0 Å². The number of anilines is 1. The van der Waals surface area contributed by atoms with Crippen molar-refractivity contribution in [2.45, 2.75) is 26.2 Å². The van der Waals surface area contributed by atoms with Crippen molar-refractivity contribution in [3.8, 4) is 0 Å². The van der Waals surface area contributed by atoms with Crippen LogP contribution in [0.15, 0.2) is 54.6 Å². The number of nitrogens with zero attached hydrogens (tertiary/aromatic N) is 1. The van der Waals surface area contributed by atoms with Gasteiger partial charge in [0, 0.05) is 24.8 Å². The fourth-order valence-corrected chi connectivity index (χ4v) is 2.98. The lowest BCUT2D eigenvalue weighted by Gasteiger charge is -2.27. The van der Waals surface area contributed by atoms with Gasteiger partial charge in [0.2, 0.25) is 0 Å². The Labute approximate surface area is 127 Å². The van der Waals surface area contributed by atoms with Crippen molar-refractivity contribution in [1.29, 1.82) is 0 Å². The fourth-order valence-electron chi connectivity index (χ4n) is 2.98. The lowest BCUT2D eigenvalue weighted by molar-refractivity contribution is 0.795. The van der Waals surface area contributed by atoms with Crippen LogP contribution in [0.1, 0.15) is 36.5 Å². The third kappa shape index (κ3) is 2.87. The molecular weight excluding hydrogens is 254 g/mol. The van der Waals surface area contributed by atoms with Gasteiger partial charge in [0.15, 0.2) is 0 Å². The summed E-state index contributed by atoms with van der Waals surface area (Å²) in [5.41, 5.74) is 6.81. The van der Waals surface area contributed by atoms with Gasteiger partial charge >= 0.3 is 0 Å². The Morgan fingerprint density at radius 3 is 2.52 bits per heavy atom. The summed E-state index contributed by atoms with van der Waals surface area (Å²) in [6, 6.07) is 17.8. The summed E-state index contributed by atoms with van der Waals surface area (Å²) < 4.78 is 0. The topological polar surface area (TPSA) is 3.24 Å². The van der Waals surface area contributed by atoms with E-state index < -0.39 is 0 Å². The van der Waals surface area contributed by atoms with E-state index in [1.54, 1.807) is 0 Å². The second-order valence-electron chi connectivity index (χ2n) is 5.82. The normalized spacial score (nSPS) is 13.8. The molecule has 1 heterocycles. The van der Waals surface area contributed by atoms with Crippen molar-refractivity contribution in [2.24, 2.45) is 0 Å². The van der Waals surface area contributed by atoms with Gasteiger partial charge in [-0.05, 0) is 35.6 Å². The number of likely N-dealkylation sites (N-methyl/N-ethyl adjacent to an activating group) is 1. The minimum absolute atomic E-state index is 0.976. The molecule has 0 aromatic heterocycles. The molecule has 0 N–H and O–H groups in total. The van der Waals surface area contributed by atoms with Crippen LogP contribution in [0.25, 0.3) is 5.57 Å². The van der Waals surface area contributed by atoms with E-state index in [1.165, 1.54) is 47.2 Å². The number of rotatable bonds is 4. The van der Waals surface area contributed by atoms with Gasteiger partial charge < -0.3 is 4.90 Å². The molecule has 0 radical (unpaired) electrons. The first-order valence-corrected chi connectivity index (χ1v) is 7.89. The second-order valence-corrected chi connectivity index (χ2v) is 5.82. The maximum atomic E-state index is 2.34. The van der Waals surface area contributed by atoms with Crippen LogP contribution >= 0.6 is 0 Å². The Bertz CT molecular complexity index is 637. The Morgan fingerprint density at radius 1 is 1.00 bits per heavy atom. The van der Waals surface area contributed by atoms with Crippen LogP contribution in [0.5, 0.6) is 0 Å². The summed E-state index contributed by atoms with van der Waals surface area (Å²) in [7, 11) is 2.15. The quantitative estimate of drug-likeness (QED) is 0.767. The van der Waals surface area contributed by atoms with E-state index in [4.69, 9.17) is 0 Å². The first-order valence-electron chi connectivity index (χ1n) is 7.89. The van der Waals surface area contributed by atoms with Crippen molar-refractivity contribution < 1.29 is 0 Å². The molecule has 0 fully saturated rings. The van der Waals surface area contributed by atoms with Crippen LogP contribution in [0, 0.1) is 0 Å². The van der Waals surface area contributed by atoms with Gasteiger partial charge in [-0.1, -0.05) is 61.9 Å². The highest BCUT2D eigenvalue weighted by atomic mass is 15.1. The molecule has 0 amide bonds. The Balaban J connectivity index is 1.90. The molecule has 0 saturated carbocycles.